The molecule has 1 N–H and O–H groups in total. The molecule has 1 nitrogen and oxygen atoms in total. The zero-order chi connectivity index (χ0) is 13.1. The highest BCUT2D eigenvalue weighted by atomic mass is 15.0. The zero-order valence-electron chi connectivity index (χ0n) is 12.9. The van der Waals surface area contributed by atoms with Gasteiger partial charge in [-0.2, -0.15) is 0 Å². The number of unbranched alkanes of at least 4 members (excludes halogenated alkanes) is 2. The first kappa shape index (κ1) is 15.0. The molecule has 1 fully saturated rings. The molecule has 1 saturated carbocycles. The van der Waals surface area contributed by atoms with E-state index in [4.69, 9.17) is 0 Å². The maximum Gasteiger partial charge on any atom is 0.0106 e. The zero-order valence-corrected chi connectivity index (χ0v) is 12.9. The van der Waals surface area contributed by atoms with Crippen LogP contribution in [0.25, 0.3) is 0 Å². The second-order valence-electron chi connectivity index (χ2n) is 6.98. The van der Waals surface area contributed by atoms with Gasteiger partial charge in [0.25, 0.3) is 0 Å². The van der Waals surface area contributed by atoms with Crippen LogP contribution >= 0.6 is 0 Å². The lowest BCUT2D eigenvalue weighted by molar-refractivity contribution is 0.366. The van der Waals surface area contributed by atoms with Crippen LogP contribution < -0.4 is 5.32 Å². The minimum absolute atomic E-state index is 0.518. The van der Waals surface area contributed by atoms with Gasteiger partial charge in [0.15, 0.2) is 0 Å². The average Bonchev–Trinajstić information content (AvgIpc) is 2.64. The Labute approximate surface area is 109 Å². The molecule has 1 rings (SSSR count). The number of hydrogen-bond donors (Lipinski definition) is 1. The summed E-state index contributed by atoms with van der Waals surface area (Å²) in [6, 6.07) is 0.742. The highest BCUT2D eigenvalue weighted by Gasteiger charge is 2.66. The Morgan fingerprint density at radius 3 is 1.94 bits per heavy atom. The van der Waals surface area contributed by atoms with Gasteiger partial charge in [0.05, 0.1) is 0 Å². The van der Waals surface area contributed by atoms with Gasteiger partial charge in [-0.25, -0.2) is 0 Å². The summed E-state index contributed by atoms with van der Waals surface area (Å²) < 4.78 is 0. The van der Waals surface area contributed by atoms with Crippen LogP contribution in [0.2, 0.25) is 0 Å². The average molecular weight is 239 g/mol. The molecule has 0 saturated heterocycles. The first-order valence-corrected chi connectivity index (χ1v) is 7.63. The van der Waals surface area contributed by atoms with Crippen molar-refractivity contribution in [1.29, 1.82) is 0 Å². The fourth-order valence-electron chi connectivity index (χ4n) is 3.58. The Morgan fingerprint density at radius 2 is 1.53 bits per heavy atom. The Morgan fingerprint density at radius 1 is 0.941 bits per heavy atom. The summed E-state index contributed by atoms with van der Waals surface area (Å²) in [5.74, 6) is 0.860. The molecule has 0 aromatic rings. The highest BCUT2D eigenvalue weighted by molar-refractivity contribution is 5.16. The summed E-state index contributed by atoms with van der Waals surface area (Å²) >= 11 is 0. The molecule has 0 aromatic heterocycles. The lowest BCUT2D eigenvalue weighted by Crippen LogP contribution is -2.34. The number of nitrogens with one attached hydrogen (secondary N) is 1. The second-order valence-corrected chi connectivity index (χ2v) is 6.98. The third-order valence-corrected chi connectivity index (χ3v) is 5.31. The van der Waals surface area contributed by atoms with Gasteiger partial charge in [0.1, 0.15) is 0 Å². The first-order chi connectivity index (χ1) is 7.89. The lowest BCUT2D eigenvalue weighted by Gasteiger charge is -2.21. The van der Waals surface area contributed by atoms with Gasteiger partial charge in [0.2, 0.25) is 0 Å². The molecular weight excluding hydrogens is 206 g/mol. The van der Waals surface area contributed by atoms with Crippen molar-refractivity contribution < 1.29 is 0 Å². The molecule has 0 spiro atoms. The van der Waals surface area contributed by atoms with Crippen LogP contribution in [0.4, 0.5) is 0 Å². The SMILES string of the molecule is CCCCCC(NCCC)C1C(C)(C)C1(C)C. The van der Waals surface area contributed by atoms with E-state index in [1.54, 1.807) is 0 Å². The molecule has 0 amide bonds. The summed E-state index contributed by atoms with van der Waals surface area (Å²) in [5.41, 5.74) is 1.04. The van der Waals surface area contributed by atoms with E-state index in [2.05, 4.69) is 46.9 Å². The minimum atomic E-state index is 0.518. The fourth-order valence-corrected chi connectivity index (χ4v) is 3.58. The molecule has 1 aliphatic rings. The Hall–Kier alpha value is -0.0400. The van der Waals surface area contributed by atoms with Crippen LogP contribution in [-0.4, -0.2) is 12.6 Å². The Bertz CT molecular complexity index is 216. The van der Waals surface area contributed by atoms with Crippen molar-refractivity contribution in [2.45, 2.75) is 79.7 Å². The standard InChI is InChI=1S/C16H33N/c1-7-9-10-11-13(17-12-8-2)14-15(3,4)16(14,5)6/h13-14,17H,7-12H2,1-6H3. The normalized spacial score (nSPS) is 23.6. The van der Waals surface area contributed by atoms with Crippen molar-refractivity contribution in [3.63, 3.8) is 0 Å². The molecule has 0 heterocycles. The van der Waals surface area contributed by atoms with Crippen molar-refractivity contribution in [3.05, 3.63) is 0 Å². The molecule has 0 radical (unpaired) electrons. The van der Waals surface area contributed by atoms with E-state index in [-0.39, 0.29) is 0 Å². The molecule has 0 bridgehead atoms. The molecule has 1 aliphatic carbocycles. The Balaban J connectivity index is 2.52. The molecule has 1 unspecified atom stereocenters. The second kappa shape index (κ2) is 5.73. The third-order valence-electron chi connectivity index (χ3n) is 5.31. The maximum absolute atomic E-state index is 3.80. The van der Waals surface area contributed by atoms with E-state index in [1.165, 1.54) is 38.6 Å². The van der Waals surface area contributed by atoms with Crippen molar-refractivity contribution in [2.75, 3.05) is 6.54 Å². The Kier molecular flexibility index (Phi) is 5.07. The minimum Gasteiger partial charge on any atom is -0.314 e. The number of rotatable bonds is 8. The van der Waals surface area contributed by atoms with Gasteiger partial charge >= 0.3 is 0 Å². The van der Waals surface area contributed by atoms with E-state index in [0.29, 0.717) is 10.8 Å². The van der Waals surface area contributed by atoms with E-state index in [9.17, 15) is 0 Å². The molecule has 0 aromatic carbocycles. The van der Waals surface area contributed by atoms with Crippen LogP contribution in [0.15, 0.2) is 0 Å². The summed E-state index contributed by atoms with van der Waals surface area (Å²) in [7, 11) is 0. The summed E-state index contributed by atoms with van der Waals surface area (Å²) in [5, 5.41) is 3.80. The molecular formula is C16H33N. The smallest absolute Gasteiger partial charge is 0.0106 e. The van der Waals surface area contributed by atoms with Gasteiger partial charge in [-0.3, -0.25) is 0 Å². The van der Waals surface area contributed by atoms with Crippen molar-refractivity contribution in [3.8, 4) is 0 Å². The topological polar surface area (TPSA) is 12.0 Å². The van der Waals surface area contributed by atoms with Gasteiger partial charge in [0, 0.05) is 6.04 Å². The highest BCUT2D eigenvalue weighted by Crippen LogP contribution is 2.70. The molecule has 0 aliphatic heterocycles. The third kappa shape index (κ3) is 3.05. The van der Waals surface area contributed by atoms with E-state index >= 15 is 0 Å². The quantitative estimate of drug-likeness (QED) is 0.610. The van der Waals surface area contributed by atoms with Crippen LogP contribution in [0.5, 0.6) is 0 Å². The summed E-state index contributed by atoms with van der Waals surface area (Å²) in [6.07, 6.45) is 6.72. The van der Waals surface area contributed by atoms with Gasteiger partial charge < -0.3 is 5.32 Å². The fraction of sp³-hybridized carbons (Fsp3) is 1.00. The van der Waals surface area contributed by atoms with Crippen molar-refractivity contribution >= 4 is 0 Å². The molecule has 1 atom stereocenters. The van der Waals surface area contributed by atoms with E-state index in [0.717, 1.165) is 12.0 Å². The largest absolute Gasteiger partial charge is 0.314 e. The maximum atomic E-state index is 3.80. The van der Waals surface area contributed by atoms with E-state index in [1.807, 2.05) is 0 Å². The summed E-state index contributed by atoms with van der Waals surface area (Å²) in [6.45, 7) is 15.5. The van der Waals surface area contributed by atoms with Gasteiger partial charge in [-0.05, 0) is 36.1 Å². The van der Waals surface area contributed by atoms with E-state index < -0.39 is 0 Å². The van der Waals surface area contributed by atoms with Gasteiger partial charge in [-0.1, -0.05) is 60.8 Å². The van der Waals surface area contributed by atoms with Crippen LogP contribution in [-0.2, 0) is 0 Å². The molecule has 1 heteroatoms. The number of hydrogen-bond acceptors (Lipinski definition) is 1. The van der Waals surface area contributed by atoms with Crippen LogP contribution in [0.3, 0.4) is 0 Å². The predicted molar refractivity (Wildman–Crippen MR) is 77.3 cm³/mol. The lowest BCUT2D eigenvalue weighted by atomic mass is 9.98. The monoisotopic (exact) mass is 239 g/mol. The predicted octanol–water partition coefficient (Wildman–Crippen LogP) is 4.62. The van der Waals surface area contributed by atoms with Gasteiger partial charge in [-0.15, -0.1) is 0 Å². The van der Waals surface area contributed by atoms with Crippen LogP contribution in [0, 0.1) is 16.7 Å². The molecule has 17 heavy (non-hydrogen) atoms. The van der Waals surface area contributed by atoms with Crippen LogP contribution in [0.1, 0.15) is 73.6 Å². The summed E-state index contributed by atoms with van der Waals surface area (Å²) in [4.78, 5) is 0. The molecule has 102 valence electrons. The van der Waals surface area contributed by atoms with Crippen molar-refractivity contribution in [2.24, 2.45) is 16.7 Å². The van der Waals surface area contributed by atoms with Crippen molar-refractivity contribution in [1.82, 2.24) is 5.32 Å². The first-order valence-electron chi connectivity index (χ1n) is 7.63.